The lowest BCUT2D eigenvalue weighted by molar-refractivity contribution is -0.143. The number of hydrogen-bond donors (Lipinski definition) is 0. The minimum Gasteiger partial charge on any atom is -0.466 e. The standard InChI is InChI=1S/C43H56N4O3.3C2H6/c1-6-28-26-37(45(7-2)19-13-18-38(48)49-8-3)36(44(4)5)27-33(28)39-34-24-29-14-9-20-46-22-11-16-31(40(29)46)42(34)50-43-32-17-12-23-47-21-10-15-30(41(32)47)25-35(39)43;3*1-2/h24-27,39H,6-23H2,1-5H3;3*1-2H3. The van der Waals surface area contributed by atoms with Gasteiger partial charge in [-0.25, -0.2) is 0 Å². The Labute approximate surface area is 340 Å². The fourth-order valence-corrected chi connectivity index (χ4v) is 9.91. The van der Waals surface area contributed by atoms with Gasteiger partial charge in [0.2, 0.25) is 0 Å². The van der Waals surface area contributed by atoms with Crippen molar-refractivity contribution in [1.82, 2.24) is 0 Å². The second-order valence-corrected chi connectivity index (χ2v) is 15.3. The number of fused-ring (bicyclic) bond motifs is 4. The van der Waals surface area contributed by atoms with E-state index in [2.05, 4.69) is 71.8 Å². The molecule has 7 nitrogen and oxygen atoms in total. The quantitative estimate of drug-likeness (QED) is 0.149. The van der Waals surface area contributed by atoms with Crippen molar-refractivity contribution in [2.45, 2.75) is 139 Å². The number of nitrogens with zero attached hydrogens (tertiary/aromatic N) is 4. The zero-order valence-corrected chi connectivity index (χ0v) is 37.1. The van der Waals surface area contributed by atoms with Gasteiger partial charge in [0.1, 0.15) is 11.5 Å². The smallest absolute Gasteiger partial charge is 0.305 e. The van der Waals surface area contributed by atoms with E-state index in [1.165, 1.54) is 92.9 Å². The molecule has 0 fully saturated rings. The van der Waals surface area contributed by atoms with Crippen molar-refractivity contribution < 1.29 is 14.3 Å². The molecule has 0 unspecified atom stereocenters. The summed E-state index contributed by atoms with van der Waals surface area (Å²) >= 11 is 0. The largest absolute Gasteiger partial charge is 0.466 e. The van der Waals surface area contributed by atoms with Crippen LogP contribution in [0.2, 0.25) is 0 Å². The number of carbonyl (C=O) groups excluding carboxylic acids is 1. The first-order chi connectivity index (χ1) is 27.4. The van der Waals surface area contributed by atoms with Crippen LogP contribution >= 0.6 is 0 Å². The molecule has 0 saturated carbocycles. The second kappa shape index (κ2) is 20.0. The molecule has 0 saturated heterocycles. The Morgan fingerprint density at radius 2 is 1.23 bits per heavy atom. The summed E-state index contributed by atoms with van der Waals surface area (Å²) < 4.78 is 12.6. The number of carbonyl (C=O) groups is 1. The molecule has 0 aliphatic carbocycles. The lowest BCUT2D eigenvalue weighted by Gasteiger charge is -2.43. The van der Waals surface area contributed by atoms with Crippen LogP contribution in [0.5, 0.6) is 11.5 Å². The van der Waals surface area contributed by atoms with Gasteiger partial charge in [-0.15, -0.1) is 0 Å². The predicted octanol–water partition coefficient (Wildman–Crippen LogP) is 11.2. The number of aryl methyl sites for hydroxylation is 3. The van der Waals surface area contributed by atoms with Crippen LogP contribution in [0, 0.1) is 0 Å². The Bertz CT molecular complexity index is 1710. The summed E-state index contributed by atoms with van der Waals surface area (Å²) in [6.07, 6.45) is 11.5. The Morgan fingerprint density at radius 1 is 0.714 bits per heavy atom. The molecule has 0 atom stereocenters. The zero-order chi connectivity index (χ0) is 40.5. The van der Waals surface area contributed by atoms with E-state index >= 15 is 0 Å². The van der Waals surface area contributed by atoms with Gasteiger partial charge in [0, 0.05) is 99.3 Å². The molecule has 8 rings (SSSR count). The predicted molar refractivity (Wildman–Crippen MR) is 240 cm³/mol. The van der Waals surface area contributed by atoms with Gasteiger partial charge >= 0.3 is 5.97 Å². The summed E-state index contributed by atoms with van der Waals surface area (Å²) in [6, 6.07) is 10.1. The van der Waals surface area contributed by atoms with Crippen molar-refractivity contribution >= 4 is 28.7 Å². The average molecular weight is 767 g/mol. The highest BCUT2D eigenvalue weighted by molar-refractivity contribution is 5.80. The van der Waals surface area contributed by atoms with Crippen molar-refractivity contribution in [3.63, 3.8) is 0 Å². The Kier molecular flexibility index (Phi) is 15.5. The first kappa shape index (κ1) is 43.3. The maximum absolute atomic E-state index is 12.2. The Balaban J connectivity index is 0.000000956. The van der Waals surface area contributed by atoms with E-state index in [4.69, 9.17) is 9.47 Å². The molecule has 3 aromatic rings. The maximum Gasteiger partial charge on any atom is 0.305 e. The number of esters is 1. The van der Waals surface area contributed by atoms with Crippen LogP contribution in [-0.4, -0.2) is 65.9 Å². The summed E-state index contributed by atoms with van der Waals surface area (Å²) in [7, 11) is 4.35. The molecule has 0 spiro atoms. The van der Waals surface area contributed by atoms with E-state index in [1.54, 1.807) is 0 Å². The second-order valence-electron chi connectivity index (χ2n) is 15.3. The van der Waals surface area contributed by atoms with Gasteiger partial charge in [0.05, 0.1) is 18.0 Å². The van der Waals surface area contributed by atoms with Crippen molar-refractivity contribution in [3.05, 3.63) is 68.8 Å². The molecule has 0 bridgehead atoms. The maximum atomic E-state index is 12.2. The van der Waals surface area contributed by atoms with Gasteiger partial charge in [-0.05, 0) is 125 Å². The van der Waals surface area contributed by atoms with E-state index < -0.39 is 0 Å². The van der Waals surface area contributed by atoms with Crippen LogP contribution in [0.15, 0.2) is 24.3 Å². The molecule has 7 heteroatoms. The molecule has 3 aromatic carbocycles. The molecule has 56 heavy (non-hydrogen) atoms. The Morgan fingerprint density at radius 3 is 1.70 bits per heavy atom. The third kappa shape index (κ3) is 8.25. The van der Waals surface area contributed by atoms with E-state index in [9.17, 15) is 4.79 Å². The van der Waals surface area contributed by atoms with Crippen LogP contribution in [0.25, 0.3) is 0 Å². The van der Waals surface area contributed by atoms with E-state index in [0.717, 1.165) is 89.3 Å². The van der Waals surface area contributed by atoms with Crippen molar-refractivity contribution in [3.8, 4) is 11.5 Å². The molecular formula is C49H74N4O3. The van der Waals surface area contributed by atoms with Crippen LogP contribution in [0.4, 0.5) is 22.7 Å². The number of hydrogen-bond acceptors (Lipinski definition) is 7. The van der Waals surface area contributed by atoms with Crippen molar-refractivity contribution in [2.24, 2.45) is 0 Å². The molecule has 5 aliphatic heterocycles. The number of benzene rings is 3. The SMILES string of the molecule is CC.CC.CC.CCOC(=O)CCCN(CC)c1cc(CC)c(C2c3cc4c5c(c3Oc3c2cc2c6c3CCCN6CCC2)CCCN5CCC4)cc1N(C)C. The first-order valence-corrected chi connectivity index (χ1v) is 22.7. The minimum atomic E-state index is -0.105. The van der Waals surface area contributed by atoms with Gasteiger partial charge in [0.25, 0.3) is 0 Å². The first-order valence-electron chi connectivity index (χ1n) is 22.7. The highest BCUT2D eigenvalue weighted by Gasteiger charge is 2.40. The molecule has 5 aliphatic rings. The molecule has 0 N–H and O–H groups in total. The summed E-state index contributed by atoms with van der Waals surface area (Å²) in [5.41, 5.74) is 17.0. The number of anilines is 4. The topological polar surface area (TPSA) is 48.5 Å². The van der Waals surface area contributed by atoms with Crippen LogP contribution in [0.3, 0.4) is 0 Å². The van der Waals surface area contributed by atoms with E-state index in [-0.39, 0.29) is 11.9 Å². The third-order valence-electron chi connectivity index (χ3n) is 12.1. The molecule has 0 aromatic heterocycles. The normalized spacial score (nSPS) is 15.8. The fourth-order valence-electron chi connectivity index (χ4n) is 9.91. The van der Waals surface area contributed by atoms with Gasteiger partial charge in [-0.1, -0.05) is 48.5 Å². The van der Waals surface area contributed by atoms with Crippen LogP contribution in [-0.2, 0) is 41.6 Å². The summed E-state index contributed by atoms with van der Waals surface area (Å²) in [5.74, 6) is 2.33. The highest BCUT2D eigenvalue weighted by atomic mass is 16.5. The van der Waals surface area contributed by atoms with Crippen molar-refractivity contribution in [1.29, 1.82) is 0 Å². The van der Waals surface area contributed by atoms with Crippen LogP contribution < -0.4 is 24.3 Å². The summed E-state index contributed by atoms with van der Waals surface area (Å²) in [4.78, 5) is 22.2. The summed E-state index contributed by atoms with van der Waals surface area (Å²) in [6.45, 7) is 25.2. The lowest BCUT2D eigenvalue weighted by atomic mass is 9.74. The minimum absolute atomic E-state index is 0.105. The van der Waals surface area contributed by atoms with Gasteiger partial charge in [-0.2, -0.15) is 0 Å². The monoisotopic (exact) mass is 767 g/mol. The zero-order valence-electron chi connectivity index (χ0n) is 37.1. The molecule has 0 amide bonds. The average Bonchev–Trinajstić information content (AvgIpc) is 3.24. The van der Waals surface area contributed by atoms with E-state index in [0.29, 0.717) is 13.0 Å². The lowest BCUT2D eigenvalue weighted by Crippen LogP contribution is -2.36. The Hall–Kier alpha value is -3.87. The van der Waals surface area contributed by atoms with Crippen LogP contribution in [0.1, 0.15) is 151 Å². The van der Waals surface area contributed by atoms with Gasteiger partial charge in [-0.3, -0.25) is 4.79 Å². The molecule has 308 valence electrons. The summed E-state index contributed by atoms with van der Waals surface area (Å²) in [5, 5.41) is 0. The number of rotatable bonds is 10. The van der Waals surface area contributed by atoms with Gasteiger partial charge in [0.15, 0.2) is 0 Å². The fraction of sp³-hybridized carbons (Fsp3) is 0.612. The number of ether oxygens (including phenoxy) is 2. The molecular weight excluding hydrogens is 693 g/mol. The third-order valence-corrected chi connectivity index (χ3v) is 12.1. The molecule has 5 heterocycles. The van der Waals surface area contributed by atoms with E-state index in [1.807, 2.05) is 48.5 Å². The van der Waals surface area contributed by atoms with Crippen molar-refractivity contribution in [2.75, 3.05) is 79.6 Å². The highest BCUT2D eigenvalue weighted by Crippen LogP contribution is 2.58. The van der Waals surface area contributed by atoms with Gasteiger partial charge < -0.3 is 29.1 Å². The molecule has 0 radical (unpaired) electrons.